The fourth-order valence-electron chi connectivity index (χ4n) is 4.48. The largest absolute Gasteiger partial charge is 0.463 e. The first-order valence-corrected chi connectivity index (χ1v) is 11.5. The van der Waals surface area contributed by atoms with Crippen LogP contribution in [0.4, 0.5) is 9.59 Å². The molecule has 4 amide bonds. The lowest BCUT2D eigenvalue weighted by atomic mass is 9.91. The van der Waals surface area contributed by atoms with Crippen molar-refractivity contribution < 1.29 is 19.1 Å². The maximum atomic E-state index is 13.1. The lowest BCUT2D eigenvalue weighted by Crippen LogP contribution is -2.57. The molecule has 0 radical (unpaired) electrons. The third kappa shape index (κ3) is 5.30. The molecule has 1 saturated heterocycles. The van der Waals surface area contributed by atoms with Crippen molar-refractivity contribution in [2.75, 3.05) is 46.4 Å². The molecule has 33 heavy (non-hydrogen) atoms. The maximum Gasteiger partial charge on any atom is 0.338 e. The van der Waals surface area contributed by atoms with Crippen LogP contribution in [0.3, 0.4) is 0 Å². The van der Waals surface area contributed by atoms with E-state index in [-0.39, 0.29) is 24.7 Å². The number of hydrogen-bond acceptors (Lipinski definition) is 5. The number of benzene rings is 1. The number of amides is 4. The summed E-state index contributed by atoms with van der Waals surface area (Å²) < 4.78 is 5.42. The topological polar surface area (TPSA) is 94.2 Å². The maximum absolute atomic E-state index is 13.1. The number of ether oxygens (including phenoxy) is 1. The molecule has 0 aliphatic carbocycles. The molecular weight excluding hydrogens is 422 g/mol. The number of urea groups is 2. The Bertz CT molecular complexity index is 931. The van der Waals surface area contributed by atoms with E-state index in [2.05, 4.69) is 15.5 Å². The van der Waals surface area contributed by atoms with Gasteiger partial charge in [-0.1, -0.05) is 24.3 Å². The van der Waals surface area contributed by atoms with Crippen molar-refractivity contribution >= 4 is 18.0 Å². The molecular formula is C24H35N5O4. The Morgan fingerprint density at radius 2 is 1.94 bits per heavy atom. The SMILES string of the molecule is CCNC(=O)N1CCN(CC2=C(C(=O)OCC)[C@@H](c3ccccc3C)NC(=O)N2C)C[C@@H]1C. The van der Waals surface area contributed by atoms with E-state index in [0.717, 1.165) is 11.1 Å². The van der Waals surface area contributed by atoms with Gasteiger partial charge in [-0.05, 0) is 38.8 Å². The Morgan fingerprint density at radius 3 is 2.58 bits per heavy atom. The van der Waals surface area contributed by atoms with E-state index in [1.54, 1.807) is 14.0 Å². The molecule has 3 rings (SSSR count). The summed E-state index contributed by atoms with van der Waals surface area (Å²) in [5.74, 6) is -0.429. The second kappa shape index (κ2) is 10.7. The molecule has 0 unspecified atom stereocenters. The van der Waals surface area contributed by atoms with Crippen LogP contribution in [0.1, 0.15) is 37.9 Å². The molecule has 2 heterocycles. The smallest absolute Gasteiger partial charge is 0.338 e. The lowest BCUT2D eigenvalue weighted by molar-refractivity contribution is -0.139. The number of carbonyl (C=O) groups excluding carboxylic acids is 3. The highest BCUT2D eigenvalue weighted by atomic mass is 16.5. The molecule has 0 aromatic heterocycles. The molecule has 2 aliphatic rings. The highest BCUT2D eigenvalue weighted by molar-refractivity contribution is 5.95. The molecule has 9 heteroatoms. The second-order valence-electron chi connectivity index (χ2n) is 8.49. The van der Waals surface area contributed by atoms with Gasteiger partial charge in [-0.15, -0.1) is 0 Å². The zero-order valence-corrected chi connectivity index (χ0v) is 20.2. The molecule has 9 nitrogen and oxygen atoms in total. The number of rotatable bonds is 6. The lowest BCUT2D eigenvalue weighted by Gasteiger charge is -2.42. The van der Waals surface area contributed by atoms with Crippen molar-refractivity contribution in [2.45, 2.75) is 39.8 Å². The highest BCUT2D eigenvalue weighted by Gasteiger charge is 2.38. The summed E-state index contributed by atoms with van der Waals surface area (Å²) in [4.78, 5) is 43.8. The van der Waals surface area contributed by atoms with Crippen molar-refractivity contribution in [2.24, 2.45) is 0 Å². The number of piperazine rings is 1. The van der Waals surface area contributed by atoms with Crippen LogP contribution in [0, 0.1) is 6.92 Å². The Balaban J connectivity index is 1.94. The summed E-state index contributed by atoms with van der Waals surface area (Å²) in [5.41, 5.74) is 2.93. The molecule has 1 aromatic carbocycles. The van der Waals surface area contributed by atoms with Crippen molar-refractivity contribution in [3.8, 4) is 0 Å². The number of esters is 1. The number of nitrogens with one attached hydrogen (secondary N) is 2. The quantitative estimate of drug-likeness (QED) is 0.639. The van der Waals surface area contributed by atoms with Gasteiger partial charge < -0.3 is 20.3 Å². The number of likely N-dealkylation sites (N-methyl/N-ethyl adjacent to an activating group) is 1. The third-order valence-electron chi connectivity index (χ3n) is 6.25. The summed E-state index contributed by atoms with van der Waals surface area (Å²) in [6.07, 6.45) is 0. The van der Waals surface area contributed by atoms with E-state index in [1.807, 2.05) is 49.9 Å². The summed E-state index contributed by atoms with van der Waals surface area (Å²) in [5, 5.41) is 5.83. The minimum atomic E-state index is -0.585. The van der Waals surface area contributed by atoms with Gasteiger partial charge in [-0.3, -0.25) is 9.80 Å². The average Bonchev–Trinajstić information content (AvgIpc) is 2.77. The summed E-state index contributed by atoms with van der Waals surface area (Å²) in [6.45, 7) is 10.7. The van der Waals surface area contributed by atoms with Crippen LogP contribution in [0.25, 0.3) is 0 Å². The Kier molecular flexibility index (Phi) is 7.97. The monoisotopic (exact) mass is 457 g/mol. The predicted octanol–water partition coefficient (Wildman–Crippen LogP) is 2.24. The van der Waals surface area contributed by atoms with Gasteiger partial charge in [0.05, 0.1) is 18.2 Å². The number of hydrogen-bond donors (Lipinski definition) is 2. The summed E-state index contributed by atoms with van der Waals surface area (Å²) in [6, 6.07) is 6.81. The second-order valence-corrected chi connectivity index (χ2v) is 8.49. The van der Waals surface area contributed by atoms with E-state index in [4.69, 9.17) is 4.74 Å². The van der Waals surface area contributed by atoms with E-state index in [0.29, 0.717) is 44.0 Å². The number of nitrogens with zero attached hydrogens (tertiary/aromatic N) is 3. The first-order valence-electron chi connectivity index (χ1n) is 11.5. The van der Waals surface area contributed by atoms with Crippen LogP contribution in [0.2, 0.25) is 0 Å². The van der Waals surface area contributed by atoms with Crippen LogP contribution >= 0.6 is 0 Å². The zero-order chi connectivity index (χ0) is 24.1. The molecule has 2 aliphatic heterocycles. The van der Waals surface area contributed by atoms with E-state index < -0.39 is 12.0 Å². The molecule has 2 atom stereocenters. The van der Waals surface area contributed by atoms with Gasteiger partial charge in [0.1, 0.15) is 0 Å². The van der Waals surface area contributed by atoms with E-state index in [1.165, 1.54) is 4.90 Å². The van der Waals surface area contributed by atoms with Crippen molar-refractivity contribution in [3.63, 3.8) is 0 Å². The highest BCUT2D eigenvalue weighted by Crippen LogP contribution is 2.33. The zero-order valence-electron chi connectivity index (χ0n) is 20.2. The fourth-order valence-corrected chi connectivity index (χ4v) is 4.48. The molecule has 2 N–H and O–H groups in total. The first-order chi connectivity index (χ1) is 15.8. The predicted molar refractivity (Wildman–Crippen MR) is 126 cm³/mol. The molecule has 0 spiro atoms. The van der Waals surface area contributed by atoms with Crippen molar-refractivity contribution in [1.82, 2.24) is 25.3 Å². The Hall–Kier alpha value is -3.07. The fraction of sp³-hybridized carbons (Fsp3) is 0.542. The third-order valence-corrected chi connectivity index (χ3v) is 6.25. The normalized spacial score (nSPS) is 21.7. The van der Waals surface area contributed by atoms with Crippen molar-refractivity contribution in [1.29, 1.82) is 0 Å². The van der Waals surface area contributed by atoms with Gasteiger partial charge in [0.2, 0.25) is 0 Å². The van der Waals surface area contributed by atoms with Crippen LogP contribution in [0.5, 0.6) is 0 Å². The molecule has 1 fully saturated rings. The minimum absolute atomic E-state index is 0.00633. The Morgan fingerprint density at radius 1 is 1.21 bits per heavy atom. The standard InChI is InChI=1S/C24H35N5O4/c1-6-25-23(31)29-13-12-28(14-17(29)4)15-19-20(22(30)33-7-2)21(26-24(32)27(19)5)18-11-9-8-10-16(18)3/h8-11,17,21H,6-7,12-15H2,1-5H3,(H,25,31)(H,26,32)/t17-,21+/m0/s1. The number of carbonyl (C=O) groups is 3. The van der Waals surface area contributed by atoms with Gasteiger partial charge in [0.15, 0.2) is 0 Å². The van der Waals surface area contributed by atoms with Crippen molar-refractivity contribution in [3.05, 3.63) is 46.7 Å². The van der Waals surface area contributed by atoms with Crippen LogP contribution in [-0.4, -0.2) is 85.2 Å². The van der Waals surface area contributed by atoms with Crippen LogP contribution < -0.4 is 10.6 Å². The van der Waals surface area contributed by atoms with Gasteiger partial charge in [-0.25, -0.2) is 14.4 Å². The summed E-state index contributed by atoms with van der Waals surface area (Å²) in [7, 11) is 1.67. The minimum Gasteiger partial charge on any atom is -0.463 e. The average molecular weight is 458 g/mol. The van der Waals surface area contributed by atoms with Gasteiger partial charge in [0, 0.05) is 51.5 Å². The van der Waals surface area contributed by atoms with Crippen LogP contribution in [0.15, 0.2) is 35.5 Å². The van der Waals surface area contributed by atoms with Gasteiger partial charge in [0.25, 0.3) is 0 Å². The summed E-state index contributed by atoms with van der Waals surface area (Å²) >= 11 is 0. The first kappa shape index (κ1) is 24.6. The molecule has 180 valence electrons. The molecule has 0 bridgehead atoms. The molecule has 0 saturated carbocycles. The van der Waals surface area contributed by atoms with E-state index >= 15 is 0 Å². The van der Waals surface area contributed by atoms with Crippen LogP contribution in [-0.2, 0) is 9.53 Å². The molecule has 1 aromatic rings. The van der Waals surface area contributed by atoms with E-state index in [9.17, 15) is 14.4 Å². The number of aryl methyl sites for hydroxylation is 1. The van der Waals surface area contributed by atoms with Gasteiger partial charge in [-0.2, -0.15) is 0 Å². The van der Waals surface area contributed by atoms with Gasteiger partial charge >= 0.3 is 18.0 Å². The Labute approximate surface area is 195 Å².